The number of carbonyl (C=O) groups is 1. The minimum atomic E-state index is -1.12. The zero-order valence-electron chi connectivity index (χ0n) is 5.96. The maximum atomic E-state index is 11.0. The number of carbonyl (C=O) groups excluding carboxylic acids is 1. The smallest absolute Gasteiger partial charge is 0.259 e. The molecule has 10 heavy (non-hydrogen) atoms. The highest BCUT2D eigenvalue weighted by atomic mass is 32.2. The van der Waals surface area contributed by atoms with Gasteiger partial charge < -0.3 is 0 Å². The first-order chi connectivity index (χ1) is 4.61. The Morgan fingerprint density at radius 2 is 2.20 bits per heavy atom. The molecule has 1 amide bonds. The van der Waals surface area contributed by atoms with Crippen molar-refractivity contribution in [2.45, 2.75) is 13.8 Å². The summed E-state index contributed by atoms with van der Waals surface area (Å²) >= 11 is 0. The largest absolute Gasteiger partial charge is 0.272 e. The molecule has 0 aromatic rings. The summed E-state index contributed by atoms with van der Waals surface area (Å²) in [5.41, 5.74) is 0. The third-order valence-corrected chi connectivity index (χ3v) is 2.75. The monoisotopic (exact) mass is 159 g/mol. The van der Waals surface area contributed by atoms with Gasteiger partial charge in [-0.1, -0.05) is 13.8 Å². The first kappa shape index (κ1) is 7.60. The highest BCUT2D eigenvalue weighted by Crippen LogP contribution is 2.09. The number of amides is 1. The third-order valence-electron chi connectivity index (χ3n) is 1.22. The van der Waals surface area contributed by atoms with Gasteiger partial charge in [-0.3, -0.25) is 9.00 Å². The fourth-order valence-corrected chi connectivity index (χ4v) is 1.95. The Labute approximate surface area is 62.0 Å². The topological polar surface area (TPSA) is 46.5 Å². The standard InChI is InChI=1S/C6H9NO2S/c1-4(2)6-7-5(8)3-10(6)9/h4H,3H2,1-2H3. The molecule has 0 aromatic heterocycles. The van der Waals surface area contributed by atoms with E-state index in [1.165, 1.54) is 0 Å². The van der Waals surface area contributed by atoms with Crippen molar-refractivity contribution in [3.63, 3.8) is 0 Å². The van der Waals surface area contributed by atoms with Crippen molar-refractivity contribution in [1.82, 2.24) is 0 Å². The maximum Gasteiger partial charge on any atom is 0.259 e. The third kappa shape index (κ3) is 1.31. The van der Waals surface area contributed by atoms with E-state index >= 15 is 0 Å². The predicted molar refractivity (Wildman–Crippen MR) is 40.3 cm³/mol. The van der Waals surface area contributed by atoms with Crippen molar-refractivity contribution in [3.8, 4) is 0 Å². The fourth-order valence-electron chi connectivity index (χ4n) is 0.784. The summed E-state index contributed by atoms with van der Waals surface area (Å²) in [4.78, 5) is 14.2. The minimum Gasteiger partial charge on any atom is -0.272 e. The van der Waals surface area contributed by atoms with Crippen molar-refractivity contribution < 1.29 is 9.00 Å². The number of hydrogen-bond acceptors (Lipinski definition) is 2. The molecule has 1 aliphatic rings. The average molecular weight is 159 g/mol. The van der Waals surface area contributed by atoms with Gasteiger partial charge in [-0.25, -0.2) is 4.99 Å². The Morgan fingerprint density at radius 1 is 1.60 bits per heavy atom. The molecule has 0 saturated carbocycles. The van der Waals surface area contributed by atoms with Crippen LogP contribution in [0.25, 0.3) is 0 Å². The number of hydrogen-bond donors (Lipinski definition) is 0. The molecule has 0 radical (unpaired) electrons. The van der Waals surface area contributed by atoms with E-state index in [0.29, 0.717) is 5.04 Å². The van der Waals surface area contributed by atoms with Crippen LogP contribution in [-0.4, -0.2) is 20.9 Å². The van der Waals surface area contributed by atoms with E-state index in [1.807, 2.05) is 13.8 Å². The van der Waals surface area contributed by atoms with Crippen LogP contribution in [0.5, 0.6) is 0 Å². The van der Waals surface area contributed by atoms with Crippen molar-refractivity contribution in [2.24, 2.45) is 10.9 Å². The van der Waals surface area contributed by atoms with E-state index in [4.69, 9.17) is 0 Å². The van der Waals surface area contributed by atoms with Gasteiger partial charge in [0.05, 0.1) is 10.8 Å². The second-order valence-electron chi connectivity index (χ2n) is 2.49. The number of rotatable bonds is 1. The van der Waals surface area contributed by atoms with Crippen molar-refractivity contribution in [2.75, 3.05) is 5.75 Å². The lowest BCUT2D eigenvalue weighted by atomic mass is 10.2. The molecule has 1 unspecified atom stereocenters. The van der Waals surface area contributed by atoms with Crippen LogP contribution in [0.1, 0.15) is 13.8 Å². The summed E-state index contributed by atoms with van der Waals surface area (Å²) in [5, 5.41) is 0.546. The highest BCUT2D eigenvalue weighted by molar-refractivity contribution is 8.01. The molecule has 0 aliphatic carbocycles. The van der Waals surface area contributed by atoms with E-state index < -0.39 is 10.8 Å². The van der Waals surface area contributed by atoms with Crippen LogP contribution in [0.4, 0.5) is 0 Å². The summed E-state index contributed by atoms with van der Waals surface area (Å²) in [6.45, 7) is 3.77. The summed E-state index contributed by atoms with van der Waals surface area (Å²) < 4.78 is 11.0. The van der Waals surface area contributed by atoms with Crippen LogP contribution in [-0.2, 0) is 15.6 Å². The normalized spacial score (nSPS) is 25.7. The lowest BCUT2D eigenvalue weighted by Crippen LogP contribution is -2.11. The molecule has 0 N–H and O–H groups in total. The van der Waals surface area contributed by atoms with Crippen LogP contribution in [0.3, 0.4) is 0 Å². The van der Waals surface area contributed by atoms with E-state index in [-0.39, 0.29) is 17.6 Å². The van der Waals surface area contributed by atoms with Gasteiger partial charge in [0, 0.05) is 5.92 Å². The molecule has 4 heteroatoms. The molecule has 56 valence electrons. The molecule has 1 rings (SSSR count). The van der Waals surface area contributed by atoms with Crippen molar-refractivity contribution in [3.05, 3.63) is 0 Å². The molecule has 0 aromatic carbocycles. The Kier molecular flexibility index (Phi) is 1.99. The van der Waals surface area contributed by atoms with Gasteiger partial charge in [-0.15, -0.1) is 0 Å². The van der Waals surface area contributed by atoms with Crippen LogP contribution >= 0.6 is 0 Å². The van der Waals surface area contributed by atoms with Crippen LogP contribution in [0.15, 0.2) is 4.99 Å². The van der Waals surface area contributed by atoms with Crippen molar-refractivity contribution >= 4 is 21.8 Å². The van der Waals surface area contributed by atoms with Crippen molar-refractivity contribution in [1.29, 1.82) is 0 Å². The van der Waals surface area contributed by atoms with Gasteiger partial charge in [-0.05, 0) is 0 Å². The van der Waals surface area contributed by atoms with Gasteiger partial charge in [0.25, 0.3) is 5.91 Å². The van der Waals surface area contributed by atoms with Gasteiger partial charge in [0.15, 0.2) is 0 Å². The van der Waals surface area contributed by atoms with E-state index in [0.717, 1.165) is 0 Å². The van der Waals surface area contributed by atoms with Crippen LogP contribution in [0, 0.1) is 5.92 Å². The Balaban J connectivity index is 2.85. The molecular weight excluding hydrogens is 150 g/mol. The molecule has 3 nitrogen and oxygen atoms in total. The van der Waals surface area contributed by atoms with Gasteiger partial charge >= 0.3 is 0 Å². The fraction of sp³-hybridized carbons (Fsp3) is 0.667. The molecule has 0 bridgehead atoms. The Hall–Kier alpha value is -0.510. The Bertz CT molecular complexity index is 220. The second kappa shape index (κ2) is 2.62. The first-order valence-corrected chi connectivity index (χ1v) is 4.43. The molecule has 1 atom stereocenters. The van der Waals surface area contributed by atoms with E-state index in [1.54, 1.807) is 0 Å². The van der Waals surface area contributed by atoms with Gasteiger partial charge in [0.1, 0.15) is 10.8 Å². The molecule has 0 saturated heterocycles. The van der Waals surface area contributed by atoms with Gasteiger partial charge in [-0.2, -0.15) is 0 Å². The summed E-state index contributed by atoms with van der Waals surface area (Å²) in [7, 11) is -1.12. The minimum absolute atomic E-state index is 0.0908. The molecule has 1 aliphatic heterocycles. The average Bonchev–Trinajstić information content (AvgIpc) is 2.10. The lowest BCUT2D eigenvalue weighted by molar-refractivity contribution is -0.115. The predicted octanol–water partition coefficient (Wildman–Crippen LogP) is 0.330. The molecule has 0 spiro atoms. The zero-order chi connectivity index (χ0) is 7.72. The number of aliphatic imine (C=N–C) groups is 1. The summed E-state index contributed by atoms with van der Waals surface area (Å²) in [6, 6.07) is 0. The Morgan fingerprint density at radius 3 is 2.40 bits per heavy atom. The molecule has 0 fully saturated rings. The van der Waals surface area contributed by atoms with Crippen LogP contribution < -0.4 is 0 Å². The maximum absolute atomic E-state index is 11.0. The summed E-state index contributed by atoms with van der Waals surface area (Å²) in [5.74, 6) is -0.0256. The van der Waals surface area contributed by atoms with Gasteiger partial charge in [0.2, 0.25) is 0 Å². The zero-order valence-corrected chi connectivity index (χ0v) is 6.77. The second-order valence-corrected chi connectivity index (χ2v) is 3.89. The van der Waals surface area contributed by atoms with Crippen LogP contribution in [0.2, 0.25) is 0 Å². The molecule has 1 heterocycles. The van der Waals surface area contributed by atoms with E-state index in [2.05, 4.69) is 4.99 Å². The number of nitrogens with zero attached hydrogens (tertiary/aromatic N) is 1. The quantitative estimate of drug-likeness (QED) is 0.553. The summed E-state index contributed by atoms with van der Waals surface area (Å²) in [6.07, 6.45) is 0. The lowest BCUT2D eigenvalue weighted by Gasteiger charge is -1.99. The molecular formula is C6H9NO2S. The SMILES string of the molecule is CC(C)C1=NC(=O)CS1=O. The first-order valence-electron chi connectivity index (χ1n) is 3.11. The van der Waals surface area contributed by atoms with E-state index in [9.17, 15) is 9.00 Å². The highest BCUT2D eigenvalue weighted by Gasteiger charge is 2.24.